The number of fused-ring (bicyclic) bond motifs is 1. The van der Waals surface area contributed by atoms with E-state index in [1.165, 1.54) is 0 Å². The minimum Gasteiger partial charge on any atom is -0.494 e. The van der Waals surface area contributed by atoms with Gasteiger partial charge in [-0.15, -0.1) is 0 Å². The minimum atomic E-state index is -0.0518. The first kappa shape index (κ1) is 22.3. The van der Waals surface area contributed by atoms with E-state index in [0.717, 1.165) is 39.0 Å². The largest absolute Gasteiger partial charge is 0.494 e. The smallest absolute Gasteiger partial charge is 0.224 e. The molecule has 0 radical (unpaired) electrons. The number of rotatable bonds is 8. The molecule has 0 aliphatic rings. The molecule has 0 saturated carbocycles. The number of para-hydroxylation sites is 1. The molecule has 2 aromatic heterocycles. The van der Waals surface area contributed by atoms with E-state index in [1.807, 2.05) is 81.4 Å². The van der Waals surface area contributed by atoms with Crippen molar-refractivity contribution in [1.82, 2.24) is 15.3 Å². The van der Waals surface area contributed by atoms with Gasteiger partial charge >= 0.3 is 0 Å². The fourth-order valence-electron chi connectivity index (χ4n) is 3.76. The summed E-state index contributed by atoms with van der Waals surface area (Å²) in [5.74, 6) is 1.88. The Morgan fingerprint density at radius 1 is 1.00 bits per heavy atom. The molecule has 168 valence electrons. The Kier molecular flexibility index (Phi) is 6.83. The first-order chi connectivity index (χ1) is 16.0. The van der Waals surface area contributed by atoms with Gasteiger partial charge in [-0.3, -0.25) is 9.78 Å². The number of benzene rings is 2. The van der Waals surface area contributed by atoms with Gasteiger partial charge in [0.15, 0.2) is 0 Å². The van der Waals surface area contributed by atoms with Gasteiger partial charge in [-0.2, -0.15) is 0 Å². The number of pyridine rings is 2. The highest BCUT2D eigenvalue weighted by Crippen LogP contribution is 2.24. The van der Waals surface area contributed by atoms with Gasteiger partial charge < -0.3 is 14.8 Å². The third kappa shape index (κ3) is 5.47. The summed E-state index contributed by atoms with van der Waals surface area (Å²) in [6, 6.07) is 19.1. The van der Waals surface area contributed by atoms with Gasteiger partial charge in [0, 0.05) is 29.9 Å². The second-order valence-corrected chi connectivity index (χ2v) is 7.78. The Morgan fingerprint density at radius 3 is 2.55 bits per heavy atom. The van der Waals surface area contributed by atoms with Crippen LogP contribution in [0.5, 0.6) is 17.4 Å². The second kappa shape index (κ2) is 10.1. The van der Waals surface area contributed by atoms with Crippen LogP contribution in [-0.4, -0.2) is 22.5 Å². The predicted molar refractivity (Wildman–Crippen MR) is 129 cm³/mol. The molecule has 1 N–H and O–H groups in total. The minimum absolute atomic E-state index is 0.0518. The Labute approximate surface area is 193 Å². The average Bonchev–Trinajstić information content (AvgIpc) is 2.82. The molecular weight excluding hydrogens is 414 g/mol. The van der Waals surface area contributed by atoms with E-state index < -0.39 is 0 Å². The molecular formula is C27H27N3O3. The van der Waals surface area contributed by atoms with Gasteiger partial charge in [-0.25, -0.2) is 4.98 Å². The highest BCUT2D eigenvalue weighted by molar-refractivity contribution is 5.86. The van der Waals surface area contributed by atoms with Gasteiger partial charge in [0.25, 0.3) is 0 Å². The van der Waals surface area contributed by atoms with Gasteiger partial charge in [0.1, 0.15) is 11.5 Å². The SMILES string of the molecule is CCOc1ccc(Oc2cc(CNC(=O)Cc3c(C)nc4ccccc4c3C)ccn2)cc1. The highest BCUT2D eigenvalue weighted by Gasteiger charge is 2.13. The van der Waals surface area contributed by atoms with E-state index in [9.17, 15) is 4.79 Å². The molecule has 4 aromatic rings. The van der Waals surface area contributed by atoms with Crippen molar-refractivity contribution in [3.8, 4) is 17.4 Å². The molecule has 0 unspecified atom stereocenters. The van der Waals surface area contributed by atoms with Gasteiger partial charge in [0.2, 0.25) is 11.8 Å². The number of carbonyl (C=O) groups excluding carboxylic acids is 1. The van der Waals surface area contributed by atoms with E-state index in [0.29, 0.717) is 24.8 Å². The van der Waals surface area contributed by atoms with E-state index in [1.54, 1.807) is 6.20 Å². The highest BCUT2D eigenvalue weighted by atomic mass is 16.5. The summed E-state index contributed by atoms with van der Waals surface area (Å²) in [5, 5.41) is 4.08. The number of ether oxygens (including phenoxy) is 2. The van der Waals surface area contributed by atoms with Crippen molar-refractivity contribution >= 4 is 16.8 Å². The van der Waals surface area contributed by atoms with Crippen LogP contribution in [0.1, 0.15) is 29.3 Å². The molecule has 0 aliphatic heterocycles. The maximum atomic E-state index is 12.7. The van der Waals surface area contributed by atoms with Crippen molar-refractivity contribution in [3.63, 3.8) is 0 Å². The zero-order valence-electron chi connectivity index (χ0n) is 19.1. The second-order valence-electron chi connectivity index (χ2n) is 7.78. The number of amides is 1. The first-order valence-electron chi connectivity index (χ1n) is 11.0. The number of hydrogen-bond acceptors (Lipinski definition) is 5. The van der Waals surface area contributed by atoms with Crippen molar-refractivity contribution in [2.75, 3.05) is 6.61 Å². The van der Waals surface area contributed by atoms with E-state index >= 15 is 0 Å². The first-order valence-corrected chi connectivity index (χ1v) is 11.0. The van der Waals surface area contributed by atoms with Crippen molar-refractivity contribution < 1.29 is 14.3 Å². The summed E-state index contributed by atoms with van der Waals surface area (Å²) in [5.41, 5.74) is 4.82. The predicted octanol–water partition coefficient (Wildman–Crippen LogP) is 5.30. The number of nitrogens with one attached hydrogen (secondary N) is 1. The third-order valence-electron chi connectivity index (χ3n) is 5.47. The van der Waals surface area contributed by atoms with Crippen LogP contribution in [0.4, 0.5) is 0 Å². The van der Waals surface area contributed by atoms with E-state index in [2.05, 4.69) is 15.3 Å². The lowest BCUT2D eigenvalue weighted by atomic mass is 9.99. The zero-order valence-corrected chi connectivity index (χ0v) is 19.1. The molecule has 0 saturated heterocycles. The Morgan fingerprint density at radius 2 is 1.76 bits per heavy atom. The maximum absolute atomic E-state index is 12.7. The van der Waals surface area contributed by atoms with Crippen LogP contribution in [0, 0.1) is 13.8 Å². The van der Waals surface area contributed by atoms with Gasteiger partial charge in [0.05, 0.1) is 18.5 Å². The number of aromatic nitrogens is 2. The quantitative estimate of drug-likeness (QED) is 0.402. The fraction of sp³-hybridized carbons (Fsp3) is 0.222. The average molecular weight is 442 g/mol. The van der Waals surface area contributed by atoms with Crippen LogP contribution in [0.3, 0.4) is 0 Å². The standard InChI is InChI=1S/C27H27N3O3/c1-4-32-21-9-11-22(12-10-21)33-27-15-20(13-14-28-27)17-29-26(31)16-24-18(2)23-7-5-6-8-25(23)30-19(24)3/h5-15H,4,16-17H2,1-3H3,(H,29,31). The van der Waals surface area contributed by atoms with Crippen LogP contribution < -0.4 is 14.8 Å². The number of aryl methyl sites for hydroxylation is 2. The summed E-state index contributed by atoms with van der Waals surface area (Å²) in [4.78, 5) is 21.6. The maximum Gasteiger partial charge on any atom is 0.224 e. The summed E-state index contributed by atoms with van der Waals surface area (Å²) in [7, 11) is 0. The third-order valence-corrected chi connectivity index (χ3v) is 5.47. The van der Waals surface area contributed by atoms with Crippen molar-refractivity contribution in [1.29, 1.82) is 0 Å². The molecule has 0 fully saturated rings. The Hall–Kier alpha value is -3.93. The van der Waals surface area contributed by atoms with Crippen LogP contribution in [0.15, 0.2) is 66.9 Å². The van der Waals surface area contributed by atoms with Crippen molar-refractivity contribution in [2.24, 2.45) is 0 Å². The number of carbonyl (C=O) groups is 1. The summed E-state index contributed by atoms with van der Waals surface area (Å²) >= 11 is 0. The van der Waals surface area contributed by atoms with Crippen LogP contribution in [-0.2, 0) is 17.8 Å². The monoisotopic (exact) mass is 441 g/mol. The molecule has 2 heterocycles. The molecule has 0 aliphatic carbocycles. The van der Waals surface area contributed by atoms with Crippen molar-refractivity contribution in [2.45, 2.75) is 33.7 Å². The van der Waals surface area contributed by atoms with Crippen molar-refractivity contribution in [3.05, 3.63) is 89.2 Å². The van der Waals surface area contributed by atoms with Gasteiger partial charge in [-0.05, 0) is 73.9 Å². The Bertz CT molecular complexity index is 1270. The number of hydrogen-bond donors (Lipinski definition) is 1. The normalized spacial score (nSPS) is 10.8. The summed E-state index contributed by atoms with van der Waals surface area (Å²) in [6.45, 7) is 6.95. The fourth-order valence-corrected chi connectivity index (χ4v) is 3.76. The Balaban J connectivity index is 1.38. The van der Waals surface area contributed by atoms with E-state index in [-0.39, 0.29) is 12.3 Å². The zero-order chi connectivity index (χ0) is 23.2. The van der Waals surface area contributed by atoms with E-state index in [4.69, 9.17) is 9.47 Å². The molecule has 2 aromatic carbocycles. The lowest BCUT2D eigenvalue weighted by molar-refractivity contribution is -0.120. The molecule has 33 heavy (non-hydrogen) atoms. The molecule has 0 spiro atoms. The molecule has 0 atom stereocenters. The van der Waals surface area contributed by atoms with Crippen LogP contribution in [0.2, 0.25) is 0 Å². The lowest BCUT2D eigenvalue weighted by Crippen LogP contribution is -2.25. The number of nitrogens with zero attached hydrogens (tertiary/aromatic N) is 2. The molecule has 1 amide bonds. The van der Waals surface area contributed by atoms with Gasteiger partial charge in [-0.1, -0.05) is 18.2 Å². The summed E-state index contributed by atoms with van der Waals surface area (Å²) in [6.07, 6.45) is 1.96. The summed E-state index contributed by atoms with van der Waals surface area (Å²) < 4.78 is 11.3. The van der Waals surface area contributed by atoms with Crippen LogP contribution >= 0.6 is 0 Å². The molecule has 0 bridgehead atoms. The molecule has 4 rings (SSSR count). The van der Waals surface area contributed by atoms with Crippen LogP contribution in [0.25, 0.3) is 10.9 Å². The molecule has 6 nitrogen and oxygen atoms in total. The topological polar surface area (TPSA) is 73.3 Å². The molecule has 6 heteroatoms. The lowest BCUT2D eigenvalue weighted by Gasteiger charge is -2.13.